The van der Waals surface area contributed by atoms with E-state index in [1.54, 1.807) is 0 Å². The Hall–Kier alpha value is -1.88. The minimum Gasteiger partial charge on any atom is -0.496 e. The van der Waals surface area contributed by atoms with Gasteiger partial charge in [-0.15, -0.1) is 0 Å². The predicted octanol–water partition coefficient (Wildman–Crippen LogP) is 0.627. The highest BCUT2D eigenvalue weighted by Crippen LogP contribution is 2.19. The highest BCUT2D eigenvalue weighted by molar-refractivity contribution is 5.97. The molecule has 1 aromatic carbocycles. The third-order valence-corrected chi connectivity index (χ3v) is 1.71. The molecule has 5 nitrogen and oxygen atoms in total. The van der Waals surface area contributed by atoms with Gasteiger partial charge in [-0.2, -0.15) is 0 Å². The lowest BCUT2D eigenvalue weighted by molar-refractivity contribution is 0.0703. The van der Waals surface area contributed by atoms with Gasteiger partial charge in [-0.25, -0.2) is 5.48 Å². The molecule has 0 radical (unpaired) electrons. The van der Waals surface area contributed by atoms with Crippen LogP contribution < -0.4 is 10.2 Å². The summed E-state index contributed by atoms with van der Waals surface area (Å²) in [5.74, 6) is -0.444. The molecule has 0 fully saturated rings. The first kappa shape index (κ1) is 10.2. The third-order valence-electron chi connectivity index (χ3n) is 1.71. The van der Waals surface area contributed by atoms with E-state index in [1.807, 2.05) is 0 Å². The van der Waals surface area contributed by atoms with Gasteiger partial charge in [0.05, 0.1) is 12.7 Å². The van der Waals surface area contributed by atoms with Gasteiger partial charge in [0.1, 0.15) is 12.0 Å². The molecule has 0 unspecified atom stereocenters. The number of hydrogen-bond acceptors (Lipinski definition) is 4. The van der Waals surface area contributed by atoms with Gasteiger partial charge in [0.2, 0.25) is 0 Å². The van der Waals surface area contributed by atoms with Crippen LogP contribution >= 0.6 is 0 Å². The smallest absolute Gasteiger partial charge is 0.278 e. The number of nitrogens with one attached hydrogen (secondary N) is 1. The van der Waals surface area contributed by atoms with Crippen LogP contribution in [-0.4, -0.2) is 24.5 Å². The summed E-state index contributed by atoms with van der Waals surface area (Å²) in [6, 6.07) is 4.27. The molecule has 0 bridgehead atoms. The second-order valence-corrected chi connectivity index (χ2v) is 2.52. The Balaban J connectivity index is 3.17. The number of benzene rings is 1. The fraction of sp³-hybridized carbons (Fsp3) is 0.111. The van der Waals surface area contributed by atoms with Crippen LogP contribution in [0.25, 0.3) is 0 Å². The summed E-state index contributed by atoms with van der Waals surface area (Å²) in [5, 5.41) is 8.41. The molecule has 2 N–H and O–H groups in total. The van der Waals surface area contributed by atoms with Gasteiger partial charge in [0.25, 0.3) is 5.91 Å². The topological polar surface area (TPSA) is 75.6 Å². The first-order valence-electron chi connectivity index (χ1n) is 3.80. The van der Waals surface area contributed by atoms with Crippen molar-refractivity contribution in [3.63, 3.8) is 0 Å². The van der Waals surface area contributed by atoms with Gasteiger partial charge < -0.3 is 4.74 Å². The summed E-state index contributed by atoms with van der Waals surface area (Å²) in [4.78, 5) is 21.5. The van der Waals surface area contributed by atoms with Crippen molar-refractivity contribution in [1.29, 1.82) is 0 Å². The average Bonchev–Trinajstić information content (AvgIpc) is 2.27. The number of methoxy groups -OCH3 is 1. The molecule has 0 aliphatic carbocycles. The quantitative estimate of drug-likeness (QED) is 0.421. The molecule has 0 spiro atoms. The lowest BCUT2D eigenvalue weighted by Gasteiger charge is -2.06. The molecule has 5 heteroatoms. The van der Waals surface area contributed by atoms with Crippen molar-refractivity contribution in [1.82, 2.24) is 5.48 Å². The number of carbonyl (C=O) groups excluding carboxylic acids is 2. The summed E-state index contributed by atoms with van der Waals surface area (Å²) in [6.45, 7) is 0. The maximum absolute atomic E-state index is 11.1. The Morgan fingerprint density at radius 2 is 2.29 bits per heavy atom. The van der Waals surface area contributed by atoms with Crippen LogP contribution in [0.3, 0.4) is 0 Å². The van der Waals surface area contributed by atoms with Crippen LogP contribution in [0.5, 0.6) is 5.75 Å². The standard InChI is InChI=1S/C9H9NO4/c1-14-8-4-6(5-11)2-3-7(8)9(12)10-13/h2-5,13H,1H3,(H,10,12). The van der Waals surface area contributed by atoms with E-state index < -0.39 is 5.91 Å². The number of ether oxygens (including phenoxy) is 1. The Labute approximate surface area is 80.3 Å². The maximum atomic E-state index is 11.1. The molecule has 0 atom stereocenters. The molecular weight excluding hydrogens is 186 g/mol. The van der Waals surface area contributed by atoms with E-state index >= 15 is 0 Å². The minimum absolute atomic E-state index is 0.167. The molecule has 0 aliphatic heterocycles. The normalized spacial score (nSPS) is 9.29. The molecule has 0 heterocycles. The summed E-state index contributed by atoms with van der Waals surface area (Å²) in [6.07, 6.45) is 0.642. The molecular formula is C9H9NO4. The molecule has 0 aromatic heterocycles. The predicted molar refractivity (Wildman–Crippen MR) is 47.6 cm³/mol. The molecule has 0 saturated heterocycles. The molecule has 74 valence electrons. The molecule has 0 saturated carbocycles. The van der Waals surface area contributed by atoms with Crippen molar-refractivity contribution in [2.24, 2.45) is 0 Å². The SMILES string of the molecule is COc1cc(C=O)ccc1C(=O)NO. The Morgan fingerprint density at radius 1 is 1.57 bits per heavy atom. The molecule has 1 rings (SSSR count). The van der Waals surface area contributed by atoms with Gasteiger partial charge in [0.15, 0.2) is 0 Å². The van der Waals surface area contributed by atoms with E-state index in [0.29, 0.717) is 11.8 Å². The maximum Gasteiger partial charge on any atom is 0.278 e. The zero-order chi connectivity index (χ0) is 10.6. The number of hydrogen-bond donors (Lipinski definition) is 2. The lowest BCUT2D eigenvalue weighted by atomic mass is 10.1. The van der Waals surface area contributed by atoms with Crippen LogP contribution in [0.1, 0.15) is 20.7 Å². The number of hydroxylamine groups is 1. The number of amides is 1. The second-order valence-electron chi connectivity index (χ2n) is 2.52. The van der Waals surface area contributed by atoms with Crippen molar-refractivity contribution in [2.45, 2.75) is 0 Å². The van der Waals surface area contributed by atoms with E-state index in [4.69, 9.17) is 9.94 Å². The van der Waals surface area contributed by atoms with Gasteiger partial charge >= 0.3 is 0 Å². The molecule has 1 aromatic rings. The fourth-order valence-corrected chi connectivity index (χ4v) is 1.03. The van der Waals surface area contributed by atoms with Crippen molar-refractivity contribution >= 4 is 12.2 Å². The van der Waals surface area contributed by atoms with Crippen molar-refractivity contribution in [2.75, 3.05) is 7.11 Å². The summed E-state index contributed by atoms with van der Waals surface area (Å²) in [5.41, 5.74) is 2.05. The summed E-state index contributed by atoms with van der Waals surface area (Å²) in [7, 11) is 1.37. The Morgan fingerprint density at radius 3 is 2.79 bits per heavy atom. The van der Waals surface area contributed by atoms with Gasteiger partial charge in [-0.05, 0) is 12.1 Å². The van der Waals surface area contributed by atoms with E-state index in [0.717, 1.165) is 0 Å². The van der Waals surface area contributed by atoms with Gasteiger partial charge in [-0.1, -0.05) is 6.07 Å². The zero-order valence-electron chi connectivity index (χ0n) is 7.48. The van der Waals surface area contributed by atoms with Crippen molar-refractivity contribution in [3.05, 3.63) is 29.3 Å². The molecule has 1 amide bonds. The number of aldehydes is 1. The van der Waals surface area contributed by atoms with Crippen LogP contribution in [0.4, 0.5) is 0 Å². The van der Waals surface area contributed by atoms with Gasteiger partial charge in [0, 0.05) is 5.56 Å². The third kappa shape index (κ3) is 1.89. The second kappa shape index (κ2) is 4.38. The highest BCUT2D eigenvalue weighted by Gasteiger charge is 2.11. The van der Waals surface area contributed by atoms with Gasteiger partial charge in [-0.3, -0.25) is 14.8 Å². The Kier molecular flexibility index (Phi) is 3.19. The number of rotatable bonds is 3. The molecule has 0 aliphatic rings. The lowest BCUT2D eigenvalue weighted by Crippen LogP contribution is -2.19. The van der Waals surface area contributed by atoms with Crippen LogP contribution in [0.2, 0.25) is 0 Å². The summed E-state index contributed by atoms with van der Waals surface area (Å²) >= 11 is 0. The monoisotopic (exact) mass is 195 g/mol. The van der Waals surface area contributed by atoms with Crippen molar-refractivity contribution in [3.8, 4) is 5.75 Å². The fourth-order valence-electron chi connectivity index (χ4n) is 1.03. The first-order valence-corrected chi connectivity index (χ1v) is 3.80. The minimum atomic E-state index is -0.681. The van der Waals surface area contributed by atoms with E-state index in [2.05, 4.69) is 0 Å². The van der Waals surface area contributed by atoms with E-state index in [1.165, 1.54) is 30.8 Å². The molecule has 14 heavy (non-hydrogen) atoms. The van der Waals surface area contributed by atoms with Crippen molar-refractivity contribution < 1.29 is 19.5 Å². The van der Waals surface area contributed by atoms with Crippen LogP contribution in [0, 0.1) is 0 Å². The van der Waals surface area contributed by atoms with E-state index in [9.17, 15) is 9.59 Å². The number of carbonyl (C=O) groups is 2. The zero-order valence-corrected chi connectivity index (χ0v) is 7.48. The first-order chi connectivity index (χ1) is 6.72. The average molecular weight is 195 g/mol. The largest absolute Gasteiger partial charge is 0.496 e. The van der Waals surface area contributed by atoms with E-state index in [-0.39, 0.29) is 11.3 Å². The van der Waals surface area contributed by atoms with Crippen LogP contribution in [0.15, 0.2) is 18.2 Å². The Bertz CT molecular complexity index is 362. The summed E-state index contributed by atoms with van der Waals surface area (Å²) < 4.78 is 4.88. The highest BCUT2D eigenvalue weighted by atomic mass is 16.5. The van der Waals surface area contributed by atoms with Crippen LogP contribution in [-0.2, 0) is 0 Å².